The monoisotopic (exact) mass is 389 g/mol. The fourth-order valence-electron chi connectivity index (χ4n) is 3.47. The average Bonchev–Trinajstić information content (AvgIpc) is 2.65. The van der Waals surface area contributed by atoms with Gasteiger partial charge in [0, 0.05) is 36.0 Å². The zero-order valence-electron chi connectivity index (χ0n) is 17.9. The van der Waals surface area contributed by atoms with Crippen LogP contribution in [0, 0.1) is 5.92 Å². The van der Waals surface area contributed by atoms with E-state index in [9.17, 15) is 4.79 Å². The van der Waals surface area contributed by atoms with Gasteiger partial charge in [-0.15, -0.1) is 0 Å². The number of amides is 1. The van der Waals surface area contributed by atoms with Crippen LogP contribution in [0.1, 0.15) is 44.0 Å². The van der Waals surface area contributed by atoms with Crippen LogP contribution in [0.4, 0.5) is 0 Å². The number of methoxy groups -OCH3 is 2. The number of carbonyl (C=O) groups excluding carboxylic acids is 1. The highest BCUT2D eigenvalue weighted by atomic mass is 16.5. The van der Waals surface area contributed by atoms with Crippen LogP contribution in [0.15, 0.2) is 30.5 Å². The first-order valence-electron chi connectivity index (χ1n) is 9.90. The van der Waals surface area contributed by atoms with E-state index in [1.807, 2.05) is 0 Å². The van der Waals surface area contributed by atoms with Crippen LogP contribution >= 0.6 is 0 Å². The van der Waals surface area contributed by atoms with Gasteiger partial charge >= 0.3 is 0 Å². The van der Waals surface area contributed by atoms with Crippen molar-refractivity contribution >= 4 is 5.91 Å². The van der Waals surface area contributed by atoms with E-state index in [0.717, 1.165) is 38.2 Å². The first-order chi connectivity index (χ1) is 13.2. The van der Waals surface area contributed by atoms with E-state index in [4.69, 9.17) is 9.47 Å². The van der Waals surface area contributed by atoms with Crippen LogP contribution in [-0.4, -0.2) is 56.7 Å². The lowest BCUT2D eigenvalue weighted by atomic mass is 9.96. The summed E-state index contributed by atoms with van der Waals surface area (Å²) in [6.07, 6.45) is 2.15. The minimum atomic E-state index is -0.0950. The van der Waals surface area contributed by atoms with Gasteiger partial charge in [-0.25, -0.2) is 0 Å². The van der Waals surface area contributed by atoms with E-state index in [1.165, 1.54) is 0 Å². The molecule has 1 aromatic rings. The zero-order valence-corrected chi connectivity index (χ0v) is 17.9. The van der Waals surface area contributed by atoms with Crippen LogP contribution < -0.4 is 20.1 Å². The Hall–Kier alpha value is -2.21. The lowest BCUT2D eigenvalue weighted by Gasteiger charge is -2.34. The van der Waals surface area contributed by atoms with Gasteiger partial charge in [0.15, 0.2) is 0 Å². The number of ether oxygens (including phenoxy) is 2. The van der Waals surface area contributed by atoms with E-state index in [-0.39, 0.29) is 11.4 Å². The minimum Gasteiger partial charge on any atom is -0.497 e. The van der Waals surface area contributed by atoms with Crippen molar-refractivity contribution < 1.29 is 14.3 Å². The third kappa shape index (κ3) is 7.08. The average molecular weight is 390 g/mol. The van der Waals surface area contributed by atoms with Crippen molar-refractivity contribution in [2.45, 2.75) is 39.2 Å². The summed E-state index contributed by atoms with van der Waals surface area (Å²) >= 11 is 0. The van der Waals surface area contributed by atoms with E-state index >= 15 is 0 Å². The highest BCUT2D eigenvalue weighted by Gasteiger charge is 2.21. The molecule has 28 heavy (non-hydrogen) atoms. The molecule has 1 amide bonds. The van der Waals surface area contributed by atoms with Gasteiger partial charge in [-0.1, -0.05) is 6.58 Å². The van der Waals surface area contributed by atoms with Crippen molar-refractivity contribution in [1.29, 1.82) is 0 Å². The first kappa shape index (κ1) is 22.1. The summed E-state index contributed by atoms with van der Waals surface area (Å²) in [4.78, 5) is 14.9. The maximum Gasteiger partial charge on any atom is 0.251 e. The molecule has 2 N–H and O–H groups in total. The fourth-order valence-corrected chi connectivity index (χ4v) is 3.47. The third-order valence-electron chi connectivity index (χ3n) is 4.84. The molecule has 0 aliphatic carbocycles. The number of carbonyl (C=O) groups is 1. The summed E-state index contributed by atoms with van der Waals surface area (Å²) in [5.41, 5.74) is 1.66. The van der Waals surface area contributed by atoms with Gasteiger partial charge in [0.25, 0.3) is 5.91 Å². The predicted octanol–water partition coefficient (Wildman–Crippen LogP) is 3.05. The molecule has 0 saturated carbocycles. The van der Waals surface area contributed by atoms with Crippen molar-refractivity contribution in [2.24, 2.45) is 5.92 Å². The standard InChI is InChI=1S/C22H35N3O3/c1-16(24-22(2,3)4)15-25-9-7-17(8-10-25)14-23-21(26)18-11-19(27-5)13-20(12-18)28-6/h11-13,17,24H,1,7-10,14-15H2,2-6H3,(H,23,26). The number of piperidine rings is 1. The van der Waals surface area contributed by atoms with E-state index in [0.29, 0.717) is 29.5 Å². The molecule has 0 bridgehead atoms. The molecule has 0 radical (unpaired) electrons. The Labute approximate surface area is 169 Å². The second-order valence-electron chi connectivity index (χ2n) is 8.51. The molecule has 2 rings (SSSR count). The molecule has 1 aliphatic rings. The van der Waals surface area contributed by atoms with Crippen LogP contribution in [0.25, 0.3) is 0 Å². The van der Waals surface area contributed by atoms with Gasteiger partial charge in [0.05, 0.1) is 14.2 Å². The molecule has 1 aromatic carbocycles. The first-order valence-corrected chi connectivity index (χ1v) is 9.90. The Balaban J connectivity index is 1.78. The SMILES string of the molecule is C=C(CN1CCC(CNC(=O)c2cc(OC)cc(OC)c2)CC1)NC(C)(C)C. The van der Waals surface area contributed by atoms with Gasteiger partial charge in [-0.3, -0.25) is 9.69 Å². The summed E-state index contributed by atoms with van der Waals surface area (Å²) in [6, 6.07) is 5.22. The van der Waals surface area contributed by atoms with Gasteiger partial charge in [0.2, 0.25) is 0 Å². The maximum atomic E-state index is 12.5. The molecule has 156 valence electrons. The fraction of sp³-hybridized carbons (Fsp3) is 0.591. The summed E-state index contributed by atoms with van der Waals surface area (Å²) < 4.78 is 10.5. The maximum absolute atomic E-state index is 12.5. The Bertz CT molecular complexity index is 652. The zero-order chi connectivity index (χ0) is 20.7. The summed E-state index contributed by atoms with van der Waals surface area (Å²) in [5, 5.41) is 6.50. The van der Waals surface area contributed by atoms with Crippen molar-refractivity contribution in [3.8, 4) is 11.5 Å². The molecule has 1 aliphatic heterocycles. The molecule has 1 fully saturated rings. The van der Waals surface area contributed by atoms with Crippen LogP contribution in [0.2, 0.25) is 0 Å². The molecular weight excluding hydrogens is 354 g/mol. The second kappa shape index (κ2) is 9.82. The molecule has 0 unspecified atom stereocenters. The smallest absolute Gasteiger partial charge is 0.251 e. The number of hydrogen-bond donors (Lipinski definition) is 2. The number of nitrogens with one attached hydrogen (secondary N) is 2. The summed E-state index contributed by atoms with van der Waals surface area (Å²) in [6.45, 7) is 14.2. The topological polar surface area (TPSA) is 62.8 Å². The van der Waals surface area contributed by atoms with E-state index in [1.54, 1.807) is 32.4 Å². The number of benzene rings is 1. The van der Waals surface area contributed by atoms with Crippen molar-refractivity contribution in [1.82, 2.24) is 15.5 Å². The molecule has 0 atom stereocenters. The summed E-state index contributed by atoms with van der Waals surface area (Å²) in [7, 11) is 3.16. The number of nitrogens with zero attached hydrogens (tertiary/aromatic N) is 1. The van der Waals surface area contributed by atoms with E-state index < -0.39 is 0 Å². The van der Waals surface area contributed by atoms with Gasteiger partial charge in [-0.05, 0) is 64.8 Å². The normalized spacial score (nSPS) is 15.8. The molecular formula is C22H35N3O3. The lowest BCUT2D eigenvalue weighted by Crippen LogP contribution is -2.43. The quantitative estimate of drug-likeness (QED) is 0.716. The van der Waals surface area contributed by atoms with Crippen LogP contribution in [0.5, 0.6) is 11.5 Å². The Kier molecular flexibility index (Phi) is 7.75. The second-order valence-corrected chi connectivity index (χ2v) is 8.51. The Morgan fingerprint density at radius 2 is 1.71 bits per heavy atom. The molecule has 1 saturated heterocycles. The predicted molar refractivity (Wildman–Crippen MR) is 113 cm³/mol. The number of rotatable bonds is 8. The Morgan fingerprint density at radius 3 is 2.21 bits per heavy atom. The van der Waals surface area contributed by atoms with Crippen molar-refractivity contribution in [3.05, 3.63) is 36.0 Å². The largest absolute Gasteiger partial charge is 0.497 e. The van der Waals surface area contributed by atoms with Crippen LogP contribution in [0.3, 0.4) is 0 Å². The van der Waals surface area contributed by atoms with Crippen LogP contribution in [-0.2, 0) is 0 Å². The molecule has 6 heteroatoms. The molecule has 6 nitrogen and oxygen atoms in total. The third-order valence-corrected chi connectivity index (χ3v) is 4.84. The molecule has 1 heterocycles. The summed E-state index contributed by atoms with van der Waals surface area (Å²) in [5.74, 6) is 1.63. The van der Waals surface area contributed by atoms with Crippen molar-refractivity contribution in [3.63, 3.8) is 0 Å². The minimum absolute atomic E-state index is 0.0441. The number of likely N-dealkylation sites (tertiary alicyclic amines) is 1. The number of hydrogen-bond acceptors (Lipinski definition) is 5. The Morgan fingerprint density at radius 1 is 1.14 bits per heavy atom. The highest BCUT2D eigenvalue weighted by Crippen LogP contribution is 2.23. The van der Waals surface area contributed by atoms with Crippen molar-refractivity contribution in [2.75, 3.05) is 40.4 Å². The molecule has 0 spiro atoms. The van der Waals surface area contributed by atoms with Gasteiger partial charge < -0.3 is 20.1 Å². The molecule has 0 aromatic heterocycles. The van der Waals surface area contributed by atoms with Gasteiger partial charge in [0.1, 0.15) is 11.5 Å². The lowest BCUT2D eigenvalue weighted by molar-refractivity contribution is 0.0936. The highest BCUT2D eigenvalue weighted by molar-refractivity contribution is 5.95. The van der Waals surface area contributed by atoms with E-state index in [2.05, 4.69) is 42.9 Å². The van der Waals surface area contributed by atoms with Gasteiger partial charge in [-0.2, -0.15) is 0 Å².